The van der Waals surface area contributed by atoms with Gasteiger partial charge >= 0.3 is 6.18 Å². The summed E-state index contributed by atoms with van der Waals surface area (Å²) in [6.07, 6.45) is -0.473. The predicted octanol–water partition coefficient (Wildman–Crippen LogP) is 1.64. The van der Waals surface area contributed by atoms with E-state index in [0.29, 0.717) is 6.42 Å². The maximum atomic E-state index is 12.5. The Balaban J connectivity index is 1.69. The highest BCUT2D eigenvalue weighted by atomic mass is 19.4. The molecule has 3 atom stereocenters. The lowest BCUT2D eigenvalue weighted by Gasteiger charge is -2.41. The zero-order valence-electron chi connectivity index (χ0n) is 12.1. The highest BCUT2D eigenvalue weighted by Gasteiger charge is 2.43. The maximum absolute atomic E-state index is 12.5. The molecule has 0 aromatic carbocycles. The summed E-state index contributed by atoms with van der Waals surface area (Å²) in [4.78, 5) is 14.1. The Kier molecular flexibility index (Phi) is 3.67. The summed E-state index contributed by atoms with van der Waals surface area (Å²) in [5.74, 6) is -0.623. The number of halogens is 3. The molecule has 0 bridgehead atoms. The fourth-order valence-electron chi connectivity index (χ4n) is 2.65. The van der Waals surface area contributed by atoms with Gasteiger partial charge in [0.05, 0.1) is 29.9 Å². The van der Waals surface area contributed by atoms with E-state index in [9.17, 15) is 23.1 Å². The molecule has 2 heterocycles. The van der Waals surface area contributed by atoms with E-state index in [4.69, 9.17) is 0 Å². The van der Waals surface area contributed by atoms with Crippen LogP contribution >= 0.6 is 0 Å². The Morgan fingerprint density at radius 2 is 2.26 bits per heavy atom. The summed E-state index contributed by atoms with van der Waals surface area (Å²) in [6, 6.07) is -0.0490. The Hall–Kier alpha value is -2.29. The van der Waals surface area contributed by atoms with Crippen molar-refractivity contribution in [3.63, 3.8) is 0 Å². The van der Waals surface area contributed by atoms with E-state index in [2.05, 4.69) is 10.4 Å². The minimum Gasteiger partial charge on any atom is -0.391 e. The molecule has 2 aromatic heterocycles. The average Bonchev–Trinajstić information content (AvgIpc) is 3.06. The molecule has 1 aliphatic carbocycles. The fraction of sp³-hybridized carbons (Fsp3) is 0.429. The van der Waals surface area contributed by atoms with Crippen LogP contribution in [0.2, 0.25) is 0 Å². The SMILES string of the molecule is Cc1cnn([C@H]2[C@H](O)C[C@@H]2NC(=O)c2c[nH]c(C(F)(F)F)c2)c1. The lowest BCUT2D eigenvalue weighted by Crippen LogP contribution is -2.56. The predicted molar refractivity (Wildman–Crippen MR) is 73.7 cm³/mol. The molecule has 9 heteroatoms. The molecule has 0 spiro atoms. The van der Waals surface area contributed by atoms with Crippen LogP contribution in [-0.4, -0.2) is 37.9 Å². The van der Waals surface area contributed by atoms with E-state index >= 15 is 0 Å². The van der Waals surface area contributed by atoms with Crippen LogP contribution in [0.5, 0.6) is 0 Å². The van der Waals surface area contributed by atoms with Crippen molar-refractivity contribution in [1.29, 1.82) is 0 Å². The smallest absolute Gasteiger partial charge is 0.391 e. The first kappa shape index (κ1) is 15.6. The van der Waals surface area contributed by atoms with Crippen LogP contribution in [0.1, 0.15) is 34.1 Å². The van der Waals surface area contributed by atoms with Gasteiger partial charge in [-0.1, -0.05) is 0 Å². The third-order valence-corrected chi connectivity index (χ3v) is 3.91. The fourth-order valence-corrected chi connectivity index (χ4v) is 2.65. The van der Waals surface area contributed by atoms with E-state index < -0.39 is 29.9 Å². The first-order valence-corrected chi connectivity index (χ1v) is 7.01. The molecule has 6 nitrogen and oxygen atoms in total. The molecule has 1 saturated carbocycles. The minimum atomic E-state index is -4.53. The van der Waals surface area contributed by atoms with Gasteiger partial charge in [0.15, 0.2) is 0 Å². The largest absolute Gasteiger partial charge is 0.431 e. The highest BCUT2D eigenvalue weighted by Crippen LogP contribution is 2.33. The number of alkyl halides is 3. The molecule has 1 fully saturated rings. The van der Waals surface area contributed by atoms with Crippen molar-refractivity contribution >= 4 is 5.91 Å². The number of nitrogens with one attached hydrogen (secondary N) is 2. The molecular formula is C14H15F3N4O2. The topological polar surface area (TPSA) is 82.9 Å². The molecule has 1 amide bonds. The summed E-state index contributed by atoms with van der Waals surface area (Å²) in [5.41, 5.74) is -0.167. The summed E-state index contributed by atoms with van der Waals surface area (Å²) in [5, 5.41) is 16.6. The van der Waals surface area contributed by atoms with Gasteiger partial charge in [-0.2, -0.15) is 18.3 Å². The Morgan fingerprint density at radius 3 is 2.78 bits per heavy atom. The van der Waals surface area contributed by atoms with Gasteiger partial charge in [-0.3, -0.25) is 9.48 Å². The number of H-pyrrole nitrogens is 1. The number of aryl methyl sites for hydroxylation is 1. The molecular weight excluding hydrogens is 313 g/mol. The molecule has 23 heavy (non-hydrogen) atoms. The summed E-state index contributed by atoms with van der Waals surface area (Å²) in [7, 11) is 0. The summed E-state index contributed by atoms with van der Waals surface area (Å²) in [6.45, 7) is 1.85. The van der Waals surface area contributed by atoms with Gasteiger partial charge in [0.25, 0.3) is 5.91 Å². The van der Waals surface area contributed by atoms with Crippen molar-refractivity contribution in [2.45, 2.75) is 37.7 Å². The molecule has 124 valence electrons. The molecule has 0 radical (unpaired) electrons. The van der Waals surface area contributed by atoms with Gasteiger partial charge in [0.2, 0.25) is 0 Å². The number of hydrogen-bond acceptors (Lipinski definition) is 3. The van der Waals surface area contributed by atoms with Crippen LogP contribution in [0, 0.1) is 6.92 Å². The lowest BCUT2D eigenvalue weighted by molar-refractivity contribution is -0.140. The Morgan fingerprint density at radius 1 is 1.52 bits per heavy atom. The number of carbonyl (C=O) groups excluding carboxylic acids is 1. The first-order valence-electron chi connectivity index (χ1n) is 7.01. The quantitative estimate of drug-likeness (QED) is 0.801. The molecule has 1 aliphatic rings. The number of aromatic amines is 1. The molecule has 3 N–H and O–H groups in total. The van der Waals surface area contributed by atoms with Gasteiger partial charge < -0.3 is 15.4 Å². The number of amides is 1. The lowest BCUT2D eigenvalue weighted by atomic mass is 9.83. The second kappa shape index (κ2) is 5.41. The van der Waals surface area contributed by atoms with E-state index in [1.165, 1.54) is 0 Å². The minimum absolute atomic E-state index is 0.103. The Bertz CT molecular complexity index is 722. The highest BCUT2D eigenvalue weighted by molar-refractivity contribution is 5.94. The number of rotatable bonds is 3. The summed E-state index contributed by atoms with van der Waals surface area (Å²) >= 11 is 0. The molecule has 3 rings (SSSR count). The van der Waals surface area contributed by atoms with Gasteiger partial charge in [0, 0.05) is 12.4 Å². The van der Waals surface area contributed by atoms with Crippen LogP contribution in [0.4, 0.5) is 13.2 Å². The summed E-state index contributed by atoms with van der Waals surface area (Å²) < 4.78 is 39.2. The van der Waals surface area contributed by atoms with Gasteiger partial charge in [-0.15, -0.1) is 0 Å². The van der Waals surface area contributed by atoms with E-state index in [0.717, 1.165) is 17.8 Å². The zero-order valence-corrected chi connectivity index (χ0v) is 12.1. The van der Waals surface area contributed by atoms with Crippen molar-refractivity contribution in [2.24, 2.45) is 0 Å². The van der Waals surface area contributed by atoms with Crippen LogP contribution in [0.15, 0.2) is 24.7 Å². The number of hydrogen-bond donors (Lipinski definition) is 3. The van der Waals surface area contributed by atoms with Crippen LogP contribution in [-0.2, 0) is 6.18 Å². The van der Waals surface area contributed by atoms with E-state index in [1.807, 2.05) is 11.9 Å². The number of aliphatic hydroxyl groups is 1. The third kappa shape index (κ3) is 2.96. The first-order chi connectivity index (χ1) is 10.8. The number of aliphatic hydroxyl groups excluding tert-OH is 1. The second-order valence-electron chi connectivity index (χ2n) is 5.67. The number of nitrogens with zero attached hydrogens (tertiary/aromatic N) is 2. The number of carbonyl (C=O) groups is 1. The van der Waals surface area contributed by atoms with Crippen molar-refractivity contribution < 1.29 is 23.1 Å². The van der Waals surface area contributed by atoms with Gasteiger partial charge in [-0.25, -0.2) is 0 Å². The molecule has 0 saturated heterocycles. The van der Waals surface area contributed by atoms with Crippen LogP contribution in [0.3, 0.4) is 0 Å². The molecule has 2 aromatic rings. The average molecular weight is 328 g/mol. The zero-order chi connectivity index (χ0) is 16.8. The standard InChI is InChI=1S/C14H15F3N4O2/c1-7-4-19-21(6-7)12-9(3-10(12)22)20-13(23)8-2-11(18-5-8)14(15,16)17/h2,4-6,9-10,12,18,22H,3H2,1H3,(H,20,23)/t9-,10+,12+/m0/s1. The second-order valence-corrected chi connectivity index (χ2v) is 5.67. The van der Waals surface area contributed by atoms with E-state index in [-0.39, 0.29) is 11.6 Å². The van der Waals surface area contributed by atoms with Crippen molar-refractivity contribution in [3.05, 3.63) is 41.5 Å². The normalized spacial score (nSPS) is 24.3. The maximum Gasteiger partial charge on any atom is 0.431 e. The third-order valence-electron chi connectivity index (χ3n) is 3.91. The molecule has 0 unspecified atom stereocenters. The van der Waals surface area contributed by atoms with Crippen molar-refractivity contribution in [2.75, 3.05) is 0 Å². The monoisotopic (exact) mass is 328 g/mol. The van der Waals surface area contributed by atoms with Crippen molar-refractivity contribution in [3.8, 4) is 0 Å². The van der Waals surface area contributed by atoms with Crippen LogP contribution in [0.25, 0.3) is 0 Å². The van der Waals surface area contributed by atoms with E-state index in [1.54, 1.807) is 17.1 Å². The van der Waals surface area contributed by atoms with Crippen LogP contribution < -0.4 is 5.32 Å². The molecule has 0 aliphatic heterocycles. The Labute approximate surface area is 129 Å². The van der Waals surface area contributed by atoms with Crippen molar-refractivity contribution in [1.82, 2.24) is 20.1 Å². The van der Waals surface area contributed by atoms with Gasteiger partial charge in [-0.05, 0) is 25.0 Å². The van der Waals surface area contributed by atoms with Gasteiger partial charge in [0.1, 0.15) is 5.69 Å². The number of aromatic nitrogens is 3.